The summed E-state index contributed by atoms with van der Waals surface area (Å²) in [5, 5.41) is 2.07. The summed E-state index contributed by atoms with van der Waals surface area (Å²) >= 11 is 2.26. The Morgan fingerprint density at radius 1 is 1.57 bits per heavy atom. The molecule has 0 aromatic carbocycles. The average Bonchev–Trinajstić information content (AvgIpc) is 1.65. The van der Waals surface area contributed by atoms with Crippen LogP contribution in [0.5, 0.6) is 0 Å². The number of halogens is 1. The molecule has 7 heavy (non-hydrogen) atoms. The van der Waals surface area contributed by atoms with E-state index in [-0.39, 0.29) is 0 Å². The SMILES string of the molecule is CN(C)N([SiH3])SI. The highest BCUT2D eigenvalue weighted by atomic mass is 127. The van der Waals surface area contributed by atoms with Crippen LogP contribution in [0.3, 0.4) is 0 Å². The van der Waals surface area contributed by atoms with Crippen LogP contribution in [-0.2, 0) is 0 Å². The Hall–Kier alpha value is 1.22. The summed E-state index contributed by atoms with van der Waals surface area (Å²) < 4.78 is 2.17. The topological polar surface area (TPSA) is 6.48 Å². The van der Waals surface area contributed by atoms with E-state index in [4.69, 9.17) is 0 Å². The minimum Gasteiger partial charge on any atom is -0.245 e. The normalized spacial score (nSPS) is 11.6. The summed E-state index contributed by atoms with van der Waals surface area (Å²) in [6.07, 6.45) is 0. The standard InChI is InChI=1S/C2H9IN2SSi/c1-4(2)5(7)6-3/h1-2,7H3. The molecule has 0 aromatic heterocycles. The molecule has 0 N–H and O–H groups in total. The Morgan fingerprint density at radius 2 is 2.00 bits per heavy atom. The molecule has 0 spiro atoms. The Bertz CT molecular complexity index is 53.0. The second-order valence-corrected chi connectivity index (χ2v) is 4.72. The molecule has 0 amide bonds. The molecule has 0 bridgehead atoms. The molecule has 0 aromatic rings. The highest BCUT2D eigenvalue weighted by molar-refractivity contribution is 14.2. The van der Waals surface area contributed by atoms with Crippen molar-refractivity contribution in [2.24, 2.45) is 0 Å². The average molecular weight is 248 g/mol. The molecular weight excluding hydrogens is 239 g/mol. The molecule has 0 saturated heterocycles. The second kappa shape index (κ2) is 4.13. The third-order valence-corrected chi connectivity index (χ3v) is 6.48. The van der Waals surface area contributed by atoms with Crippen molar-refractivity contribution < 1.29 is 0 Å². The Labute approximate surface area is 63.8 Å². The second-order valence-electron chi connectivity index (χ2n) is 1.38. The summed E-state index contributed by atoms with van der Waals surface area (Å²) in [4.78, 5) is 0. The maximum absolute atomic E-state index is 2.26. The van der Waals surface area contributed by atoms with Crippen LogP contribution < -0.4 is 0 Å². The quantitative estimate of drug-likeness (QED) is 0.295. The van der Waals surface area contributed by atoms with Crippen LogP contribution in [0, 0.1) is 0 Å². The van der Waals surface area contributed by atoms with Crippen molar-refractivity contribution in [2.75, 3.05) is 14.1 Å². The monoisotopic (exact) mass is 248 g/mol. The third-order valence-electron chi connectivity index (χ3n) is 0.663. The summed E-state index contributed by atoms with van der Waals surface area (Å²) in [6, 6.07) is 0. The predicted octanol–water partition coefficient (Wildman–Crippen LogP) is 0.0436. The first-order chi connectivity index (χ1) is 3.18. The lowest BCUT2D eigenvalue weighted by molar-refractivity contribution is 0.252. The minimum atomic E-state index is 1.09. The first-order valence-electron chi connectivity index (χ1n) is 1.88. The van der Waals surface area contributed by atoms with Gasteiger partial charge in [0.05, 0.1) is 0 Å². The number of hydrogen-bond donors (Lipinski definition) is 0. The zero-order valence-corrected chi connectivity index (χ0v) is 9.65. The van der Waals surface area contributed by atoms with E-state index in [9.17, 15) is 0 Å². The molecule has 0 radical (unpaired) electrons. The largest absolute Gasteiger partial charge is 0.245 e. The molecule has 0 rings (SSSR count). The molecule has 0 unspecified atom stereocenters. The van der Waals surface area contributed by atoms with Crippen LogP contribution in [0.1, 0.15) is 0 Å². The molecule has 2 nitrogen and oxygen atoms in total. The van der Waals surface area contributed by atoms with Crippen molar-refractivity contribution in [2.45, 2.75) is 0 Å². The maximum atomic E-state index is 2.26. The van der Waals surface area contributed by atoms with Crippen molar-refractivity contribution in [1.29, 1.82) is 0 Å². The van der Waals surface area contributed by atoms with Crippen molar-refractivity contribution >= 4 is 40.7 Å². The number of nitrogens with zero attached hydrogens (tertiary/aromatic N) is 2. The summed E-state index contributed by atoms with van der Waals surface area (Å²) in [6.45, 7) is 0. The zero-order chi connectivity index (χ0) is 5.86. The van der Waals surface area contributed by atoms with Gasteiger partial charge in [0.2, 0.25) is 0 Å². The number of hydrazine groups is 1. The van der Waals surface area contributed by atoms with E-state index in [1.807, 2.05) is 14.1 Å². The maximum Gasteiger partial charge on any atom is 0.115 e. The van der Waals surface area contributed by atoms with Crippen LogP contribution in [0.15, 0.2) is 0 Å². The Balaban J connectivity index is 3.14. The van der Waals surface area contributed by atoms with Crippen molar-refractivity contribution in [1.82, 2.24) is 9.09 Å². The molecule has 0 saturated carbocycles. The third kappa shape index (κ3) is 3.77. The molecule has 5 heteroatoms. The van der Waals surface area contributed by atoms with Gasteiger partial charge in [-0.15, -0.1) is 0 Å². The molecule has 0 fully saturated rings. The minimum absolute atomic E-state index is 1.09. The Kier molecular flexibility index (Phi) is 4.85. The van der Waals surface area contributed by atoms with E-state index in [1.165, 1.54) is 0 Å². The fourth-order valence-corrected chi connectivity index (χ4v) is 1.24. The van der Waals surface area contributed by atoms with Gasteiger partial charge in [-0.05, 0) is 0 Å². The van der Waals surface area contributed by atoms with Crippen LogP contribution in [-0.4, -0.2) is 33.6 Å². The molecule has 0 aliphatic heterocycles. The lowest BCUT2D eigenvalue weighted by Gasteiger charge is -2.19. The van der Waals surface area contributed by atoms with Gasteiger partial charge in [0.15, 0.2) is 0 Å². The van der Waals surface area contributed by atoms with Gasteiger partial charge >= 0.3 is 0 Å². The highest BCUT2D eigenvalue weighted by Gasteiger charge is 1.93. The van der Waals surface area contributed by atoms with Crippen molar-refractivity contribution in [3.63, 3.8) is 0 Å². The molecule has 44 valence electrons. The first-order valence-corrected chi connectivity index (χ1v) is 6.09. The van der Waals surface area contributed by atoms with E-state index in [2.05, 4.69) is 30.3 Å². The molecule has 0 aliphatic rings. The summed E-state index contributed by atoms with van der Waals surface area (Å²) in [7, 11) is 6.89. The van der Waals surface area contributed by atoms with E-state index in [1.54, 1.807) is 9.12 Å². The van der Waals surface area contributed by atoms with Gasteiger partial charge in [-0.2, -0.15) is 0 Å². The molecule has 0 aliphatic carbocycles. The van der Waals surface area contributed by atoms with E-state index < -0.39 is 0 Å². The molecular formula is C2H9IN2SSi. The van der Waals surface area contributed by atoms with Gasteiger partial charge in [-0.25, -0.2) is 9.09 Å². The van der Waals surface area contributed by atoms with E-state index >= 15 is 0 Å². The van der Waals surface area contributed by atoms with E-state index in [0.29, 0.717) is 0 Å². The smallest absolute Gasteiger partial charge is 0.115 e. The number of rotatable bonds is 2. The van der Waals surface area contributed by atoms with Crippen LogP contribution >= 0.6 is 30.3 Å². The number of hydrogen-bond acceptors (Lipinski definition) is 3. The van der Waals surface area contributed by atoms with Crippen molar-refractivity contribution in [3.05, 3.63) is 0 Å². The first kappa shape index (κ1) is 8.22. The fourth-order valence-electron chi connectivity index (χ4n) is 0.0617. The van der Waals surface area contributed by atoms with Gasteiger partial charge in [-0.3, -0.25) is 0 Å². The lowest BCUT2D eigenvalue weighted by Crippen LogP contribution is -2.26. The predicted molar refractivity (Wildman–Crippen MR) is 47.1 cm³/mol. The summed E-state index contributed by atoms with van der Waals surface area (Å²) in [5.41, 5.74) is 0. The fraction of sp³-hybridized carbons (Fsp3) is 1.00. The zero-order valence-electron chi connectivity index (χ0n) is 4.68. The van der Waals surface area contributed by atoms with Gasteiger partial charge in [0, 0.05) is 44.4 Å². The van der Waals surface area contributed by atoms with Gasteiger partial charge in [0.25, 0.3) is 0 Å². The van der Waals surface area contributed by atoms with Crippen LogP contribution in [0.2, 0.25) is 0 Å². The highest BCUT2D eigenvalue weighted by Crippen LogP contribution is 2.14. The molecule has 0 atom stereocenters. The van der Waals surface area contributed by atoms with Gasteiger partial charge < -0.3 is 0 Å². The Morgan fingerprint density at radius 3 is 2.00 bits per heavy atom. The molecule has 0 heterocycles. The van der Waals surface area contributed by atoms with Crippen LogP contribution in [0.25, 0.3) is 0 Å². The van der Waals surface area contributed by atoms with E-state index in [0.717, 1.165) is 10.4 Å². The van der Waals surface area contributed by atoms with Crippen LogP contribution in [0.4, 0.5) is 0 Å². The van der Waals surface area contributed by atoms with Gasteiger partial charge in [0.1, 0.15) is 10.4 Å². The summed E-state index contributed by atoms with van der Waals surface area (Å²) in [5.74, 6) is 0. The van der Waals surface area contributed by atoms with Gasteiger partial charge in [-0.1, -0.05) is 0 Å². The van der Waals surface area contributed by atoms with Crippen molar-refractivity contribution in [3.8, 4) is 0 Å². The lowest BCUT2D eigenvalue weighted by atomic mass is 11.2.